The minimum Gasteiger partial charge on any atom is -0.490 e. The lowest BCUT2D eigenvalue weighted by Gasteiger charge is -2.14. The molecular formula is C34H29Cl2N5O4S. The number of carbonyl (C=O) groups excluding carboxylic acids is 2. The number of halogens is 2. The standard InChI is InChI=1S/C34H29Cl2N5O4S/c1-3-44-30-17-22(16-28(36)32(30)45-19-31(42)38-27-6-4-5-21(2)15-27)18-37-41-33(43)24-9-7-23(8-10-24)29-20-46-34(40-29)39-26-13-11-25(35)12-14-26/h4-18,20H,3,19H2,1-2H3,(H,38,42)(H,39,40)(H,41,43)/b37-18-. The van der Waals surface area contributed by atoms with Crippen LogP contribution in [0.5, 0.6) is 11.5 Å². The Morgan fingerprint density at radius 2 is 1.74 bits per heavy atom. The second-order valence-electron chi connectivity index (χ2n) is 9.92. The van der Waals surface area contributed by atoms with Gasteiger partial charge in [-0.15, -0.1) is 11.3 Å². The van der Waals surface area contributed by atoms with Crippen LogP contribution in [0, 0.1) is 6.92 Å². The number of benzene rings is 4. The predicted molar refractivity (Wildman–Crippen MR) is 185 cm³/mol. The summed E-state index contributed by atoms with van der Waals surface area (Å²) in [5.74, 6) is -0.151. The Labute approximate surface area is 280 Å². The van der Waals surface area contributed by atoms with Crippen LogP contribution in [0.15, 0.2) is 95.4 Å². The van der Waals surface area contributed by atoms with Gasteiger partial charge in [-0.1, -0.05) is 47.5 Å². The Balaban J connectivity index is 1.17. The van der Waals surface area contributed by atoms with E-state index in [-0.39, 0.29) is 29.2 Å². The van der Waals surface area contributed by atoms with Crippen molar-refractivity contribution < 1.29 is 19.1 Å². The highest BCUT2D eigenvalue weighted by molar-refractivity contribution is 7.14. The number of hydrogen-bond donors (Lipinski definition) is 3. The summed E-state index contributed by atoms with van der Waals surface area (Å²) < 4.78 is 11.4. The van der Waals surface area contributed by atoms with Crippen LogP contribution < -0.4 is 25.5 Å². The Morgan fingerprint density at radius 3 is 2.48 bits per heavy atom. The largest absolute Gasteiger partial charge is 0.490 e. The van der Waals surface area contributed by atoms with Gasteiger partial charge in [0.2, 0.25) is 0 Å². The number of nitrogens with one attached hydrogen (secondary N) is 3. The molecule has 5 aromatic rings. The number of hydrazone groups is 1. The van der Waals surface area contributed by atoms with Gasteiger partial charge in [0.15, 0.2) is 23.2 Å². The third-order valence-corrected chi connectivity index (χ3v) is 7.69. The molecule has 234 valence electrons. The molecule has 3 N–H and O–H groups in total. The second-order valence-corrected chi connectivity index (χ2v) is 11.6. The van der Waals surface area contributed by atoms with Crippen molar-refractivity contribution in [2.24, 2.45) is 5.10 Å². The van der Waals surface area contributed by atoms with E-state index in [1.807, 2.05) is 73.8 Å². The van der Waals surface area contributed by atoms with Gasteiger partial charge in [0.05, 0.1) is 23.5 Å². The highest BCUT2D eigenvalue weighted by atomic mass is 35.5. The van der Waals surface area contributed by atoms with Gasteiger partial charge < -0.3 is 20.1 Å². The lowest BCUT2D eigenvalue weighted by molar-refractivity contribution is -0.118. The molecule has 0 bridgehead atoms. The quantitative estimate of drug-likeness (QED) is 0.0906. The monoisotopic (exact) mass is 673 g/mol. The number of nitrogens with zero attached hydrogens (tertiary/aromatic N) is 2. The van der Waals surface area contributed by atoms with Crippen molar-refractivity contribution in [2.45, 2.75) is 13.8 Å². The number of rotatable bonds is 12. The molecule has 0 aliphatic rings. The van der Waals surface area contributed by atoms with E-state index in [1.165, 1.54) is 17.6 Å². The molecule has 0 spiro atoms. The van der Waals surface area contributed by atoms with Gasteiger partial charge in [-0.2, -0.15) is 5.10 Å². The van der Waals surface area contributed by atoms with Gasteiger partial charge in [0.1, 0.15) is 0 Å². The molecule has 0 saturated carbocycles. The molecule has 0 saturated heterocycles. The summed E-state index contributed by atoms with van der Waals surface area (Å²) in [6.45, 7) is 3.84. The van der Waals surface area contributed by atoms with Crippen LogP contribution >= 0.6 is 34.5 Å². The van der Waals surface area contributed by atoms with Crippen molar-refractivity contribution in [3.05, 3.63) is 117 Å². The highest BCUT2D eigenvalue weighted by Crippen LogP contribution is 2.36. The van der Waals surface area contributed by atoms with Crippen LogP contribution in [-0.4, -0.2) is 36.2 Å². The smallest absolute Gasteiger partial charge is 0.271 e. The van der Waals surface area contributed by atoms with Crippen molar-refractivity contribution in [1.29, 1.82) is 0 Å². The van der Waals surface area contributed by atoms with E-state index in [4.69, 9.17) is 32.7 Å². The van der Waals surface area contributed by atoms with Crippen LogP contribution in [0.3, 0.4) is 0 Å². The van der Waals surface area contributed by atoms with Crippen LogP contribution in [0.1, 0.15) is 28.4 Å². The fraction of sp³-hybridized carbons (Fsp3) is 0.118. The summed E-state index contributed by atoms with van der Waals surface area (Å²) in [4.78, 5) is 29.8. The molecule has 0 aliphatic heterocycles. The lowest BCUT2D eigenvalue weighted by atomic mass is 10.1. The number of carbonyl (C=O) groups is 2. The van der Waals surface area contributed by atoms with E-state index < -0.39 is 0 Å². The molecule has 9 nitrogen and oxygen atoms in total. The molecule has 12 heteroatoms. The zero-order valence-electron chi connectivity index (χ0n) is 24.8. The van der Waals surface area contributed by atoms with E-state index in [1.54, 1.807) is 30.3 Å². The van der Waals surface area contributed by atoms with Gasteiger partial charge in [0.25, 0.3) is 11.8 Å². The first kappa shape index (κ1) is 32.5. The topological polar surface area (TPSA) is 114 Å². The average molecular weight is 675 g/mol. The zero-order chi connectivity index (χ0) is 32.5. The van der Waals surface area contributed by atoms with E-state index in [0.29, 0.717) is 34.2 Å². The zero-order valence-corrected chi connectivity index (χ0v) is 27.2. The number of aromatic nitrogens is 1. The Hall–Kier alpha value is -4.90. The van der Waals surface area contributed by atoms with E-state index in [9.17, 15) is 9.59 Å². The fourth-order valence-corrected chi connectivity index (χ4v) is 5.41. The van der Waals surface area contributed by atoms with Crippen LogP contribution in [-0.2, 0) is 4.79 Å². The van der Waals surface area contributed by atoms with Gasteiger partial charge in [-0.25, -0.2) is 10.4 Å². The average Bonchev–Trinajstić information content (AvgIpc) is 3.50. The van der Waals surface area contributed by atoms with Crippen LogP contribution in [0.4, 0.5) is 16.5 Å². The van der Waals surface area contributed by atoms with Crippen molar-refractivity contribution in [2.75, 3.05) is 23.8 Å². The third-order valence-electron chi connectivity index (χ3n) is 6.40. The van der Waals surface area contributed by atoms with Crippen LogP contribution in [0.25, 0.3) is 11.3 Å². The number of amides is 2. The number of ether oxygens (including phenoxy) is 2. The molecule has 5 rings (SSSR count). The molecule has 2 amide bonds. The minimum atomic E-state index is -0.387. The summed E-state index contributed by atoms with van der Waals surface area (Å²) in [6.07, 6.45) is 1.44. The maximum Gasteiger partial charge on any atom is 0.271 e. The molecule has 0 atom stereocenters. The normalized spacial score (nSPS) is 10.9. The summed E-state index contributed by atoms with van der Waals surface area (Å²) >= 11 is 13.9. The Morgan fingerprint density at radius 1 is 0.957 bits per heavy atom. The number of anilines is 3. The maximum absolute atomic E-state index is 12.7. The first-order chi connectivity index (χ1) is 22.3. The minimum absolute atomic E-state index is 0.228. The fourth-order valence-electron chi connectivity index (χ4n) is 4.27. The molecule has 46 heavy (non-hydrogen) atoms. The number of hydrogen-bond acceptors (Lipinski definition) is 8. The van der Waals surface area contributed by atoms with Gasteiger partial charge in [-0.3, -0.25) is 9.59 Å². The number of aryl methyl sites for hydroxylation is 1. The van der Waals surface area contributed by atoms with E-state index >= 15 is 0 Å². The number of thiazole rings is 1. The van der Waals surface area contributed by atoms with Crippen LogP contribution in [0.2, 0.25) is 10.0 Å². The van der Waals surface area contributed by atoms with E-state index in [2.05, 4.69) is 26.1 Å². The van der Waals surface area contributed by atoms with Gasteiger partial charge >= 0.3 is 0 Å². The highest BCUT2D eigenvalue weighted by Gasteiger charge is 2.15. The van der Waals surface area contributed by atoms with Gasteiger partial charge in [-0.05, 0) is 85.6 Å². The molecule has 0 aliphatic carbocycles. The second kappa shape index (κ2) is 15.4. The third kappa shape index (κ3) is 8.85. The summed E-state index contributed by atoms with van der Waals surface area (Å²) in [5, 5.41) is 13.7. The molecule has 1 aromatic heterocycles. The lowest BCUT2D eigenvalue weighted by Crippen LogP contribution is -2.20. The Bertz CT molecular complexity index is 1860. The molecule has 4 aromatic carbocycles. The summed E-state index contributed by atoms with van der Waals surface area (Å²) in [6, 6.07) is 25.2. The molecule has 0 radical (unpaired) electrons. The van der Waals surface area contributed by atoms with Crippen molar-refractivity contribution >= 4 is 69.1 Å². The molecule has 0 fully saturated rings. The SMILES string of the molecule is CCOc1cc(/C=N\NC(=O)c2ccc(-c3csc(Nc4ccc(Cl)cc4)n3)cc2)cc(Cl)c1OCC(=O)Nc1cccc(C)c1. The summed E-state index contributed by atoms with van der Waals surface area (Å²) in [7, 11) is 0. The molecule has 0 unspecified atom stereocenters. The summed E-state index contributed by atoms with van der Waals surface area (Å²) in [5.41, 5.74) is 7.75. The van der Waals surface area contributed by atoms with Crippen molar-refractivity contribution in [3.8, 4) is 22.8 Å². The van der Waals surface area contributed by atoms with Crippen molar-refractivity contribution in [1.82, 2.24) is 10.4 Å². The first-order valence-corrected chi connectivity index (χ1v) is 15.8. The molecule has 1 heterocycles. The van der Waals surface area contributed by atoms with Gasteiger partial charge in [0, 0.05) is 32.9 Å². The Kier molecular flexibility index (Phi) is 10.9. The van der Waals surface area contributed by atoms with E-state index in [0.717, 1.165) is 27.6 Å². The first-order valence-electron chi connectivity index (χ1n) is 14.1. The molecular weight excluding hydrogens is 645 g/mol. The predicted octanol–water partition coefficient (Wildman–Crippen LogP) is 8.35. The maximum atomic E-state index is 12.7. The van der Waals surface area contributed by atoms with Crippen molar-refractivity contribution in [3.63, 3.8) is 0 Å².